The first-order valence-corrected chi connectivity index (χ1v) is 7.05. The first-order valence-electron chi connectivity index (χ1n) is 7.05. The number of aliphatic hydroxyl groups is 1. The zero-order valence-corrected chi connectivity index (χ0v) is 12.8. The number of nitrogens with one attached hydrogen (secondary N) is 1. The molecular weight excluding hydrogens is 254 g/mol. The summed E-state index contributed by atoms with van der Waals surface area (Å²) < 4.78 is 5.56. The number of carbonyl (C=O) groups excluding carboxylic acids is 1. The van der Waals surface area contributed by atoms with Gasteiger partial charge in [-0.25, -0.2) is 0 Å². The van der Waals surface area contributed by atoms with Crippen molar-refractivity contribution in [3.8, 4) is 5.75 Å². The van der Waals surface area contributed by atoms with Crippen LogP contribution < -0.4 is 10.1 Å². The quantitative estimate of drug-likeness (QED) is 0.804. The van der Waals surface area contributed by atoms with E-state index in [-0.39, 0.29) is 24.5 Å². The number of hydrogen-bond acceptors (Lipinski definition) is 3. The topological polar surface area (TPSA) is 58.6 Å². The molecule has 0 heterocycles. The molecule has 0 spiro atoms. The predicted octanol–water partition coefficient (Wildman–Crippen LogP) is 2.21. The summed E-state index contributed by atoms with van der Waals surface area (Å²) in [6.45, 7) is 8.29. The fourth-order valence-electron chi connectivity index (χ4n) is 1.91. The highest BCUT2D eigenvalue weighted by molar-refractivity contribution is 5.77. The third-order valence-electron chi connectivity index (χ3n) is 3.29. The molecule has 112 valence electrons. The first kappa shape index (κ1) is 16.5. The van der Waals surface area contributed by atoms with Gasteiger partial charge in [0.05, 0.1) is 6.10 Å². The van der Waals surface area contributed by atoms with Crippen molar-refractivity contribution in [2.45, 2.75) is 40.2 Å². The number of amides is 1. The van der Waals surface area contributed by atoms with Gasteiger partial charge in [0.25, 0.3) is 5.91 Å². The number of hydrogen-bond donors (Lipinski definition) is 2. The number of aryl methyl sites for hydroxylation is 2. The average Bonchev–Trinajstić information content (AvgIpc) is 2.37. The van der Waals surface area contributed by atoms with Crippen LogP contribution in [0.15, 0.2) is 18.2 Å². The van der Waals surface area contributed by atoms with Crippen LogP contribution in [-0.4, -0.2) is 30.3 Å². The number of rotatable bonds is 7. The number of benzene rings is 1. The molecule has 4 nitrogen and oxygen atoms in total. The maximum Gasteiger partial charge on any atom is 0.257 e. The molecule has 1 aromatic rings. The normalized spacial score (nSPS) is 12.3. The largest absolute Gasteiger partial charge is 0.483 e. The molecule has 1 amide bonds. The van der Waals surface area contributed by atoms with Gasteiger partial charge in [-0.1, -0.05) is 32.0 Å². The lowest BCUT2D eigenvalue weighted by molar-refractivity contribution is -0.123. The van der Waals surface area contributed by atoms with E-state index in [0.29, 0.717) is 13.0 Å². The Hall–Kier alpha value is -1.55. The van der Waals surface area contributed by atoms with Gasteiger partial charge in [-0.2, -0.15) is 0 Å². The fraction of sp³-hybridized carbons (Fsp3) is 0.562. The Morgan fingerprint density at radius 2 is 1.90 bits per heavy atom. The van der Waals surface area contributed by atoms with Gasteiger partial charge in [-0.15, -0.1) is 0 Å². The van der Waals surface area contributed by atoms with Crippen LogP contribution in [-0.2, 0) is 4.79 Å². The Balaban J connectivity index is 2.33. The van der Waals surface area contributed by atoms with Crippen molar-refractivity contribution in [1.29, 1.82) is 0 Å². The molecule has 0 aliphatic heterocycles. The van der Waals surface area contributed by atoms with Gasteiger partial charge in [0.15, 0.2) is 6.61 Å². The standard InChI is InChI=1S/C16H25NO3/c1-11(2)14(18)8-9-17-15(19)10-20-16-12(3)6-5-7-13(16)4/h5-7,11,14,18H,8-10H2,1-4H3,(H,17,19). The second-order valence-corrected chi connectivity index (χ2v) is 5.46. The number of aliphatic hydroxyl groups excluding tert-OH is 1. The van der Waals surface area contributed by atoms with Crippen LogP contribution in [0, 0.1) is 19.8 Å². The lowest BCUT2D eigenvalue weighted by Crippen LogP contribution is -2.32. The van der Waals surface area contributed by atoms with E-state index in [2.05, 4.69) is 5.32 Å². The molecule has 0 radical (unpaired) electrons. The van der Waals surface area contributed by atoms with Gasteiger partial charge in [-0.05, 0) is 37.3 Å². The van der Waals surface area contributed by atoms with E-state index in [4.69, 9.17) is 4.74 Å². The maximum absolute atomic E-state index is 11.7. The Morgan fingerprint density at radius 3 is 2.45 bits per heavy atom. The number of para-hydroxylation sites is 1. The Kier molecular flexibility index (Phi) is 6.52. The minimum absolute atomic E-state index is 0.00344. The van der Waals surface area contributed by atoms with E-state index < -0.39 is 0 Å². The van der Waals surface area contributed by atoms with Gasteiger partial charge in [0.2, 0.25) is 0 Å². The third-order valence-corrected chi connectivity index (χ3v) is 3.29. The van der Waals surface area contributed by atoms with Crippen LogP contribution in [0.5, 0.6) is 5.75 Å². The predicted molar refractivity (Wildman–Crippen MR) is 79.9 cm³/mol. The summed E-state index contributed by atoms with van der Waals surface area (Å²) in [6.07, 6.45) is 0.183. The summed E-state index contributed by atoms with van der Waals surface area (Å²) in [5.41, 5.74) is 2.04. The van der Waals surface area contributed by atoms with Crippen LogP contribution in [0.25, 0.3) is 0 Å². The second kappa shape index (κ2) is 7.90. The fourth-order valence-corrected chi connectivity index (χ4v) is 1.91. The zero-order chi connectivity index (χ0) is 15.1. The molecule has 1 atom stereocenters. The van der Waals surface area contributed by atoms with Crippen LogP contribution >= 0.6 is 0 Å². The maximum atomic E-state index is 11.7. The Morgan fingerprint density at radius 1 is 1.30 bits per heavy atom. The van der Waals surface area contributed by atoms with E-state index in [1.54, 1.807) is 0 Å². The molecule has 4 heteroatoms. The van der Waals surface area contributed by atoms with Crippen molar-refractivity contribution in [1.82, 2.24) is 5.32 Å². The van der Waals surface area contributed by atoms with Crippen molar-refractivity contribution in [2.24, 2.45) is 5.92 Å². The highest BCUT2D eigenvalue weighted by atomic mass is 16.5. The summed E-state index contributed by atoms with van der Waals surface area (Å²) in [5, 5.41) is 12.4. The van der Waals surface area contributed by atoms with Crippen molar-refractivity contribution >= 4 is 5.91 Å². The number of ether oxygens (including phenoxy) is 1. The SMILES string of the molecule is Cc1cccc(C)c1OCC(=O)NCCC(O)C(C)C. The molecule has 1 unspecified atom stereocenters. The Bertz CT molecular complexity index is 423. The van der Waals surface area contributed by atoms with E-state index in [9.17, 15) is 9.90 Å². The van der Waals surface area contributed by atoms with Crippen LogP contribution in [0.3, 0.4) is 0 Å². The minimum Gasteiger partial charge on any atom is -0.483 e. The lowest BCUT2D eigenvalue weighted by Gasteiger charge is -2.15. The molecule has 1 rings (SSSR count). The van der Waals surface area contributed by atoms with Gasteiger partial charge < -0.3 is 15.2 Å². The van der Waals surface area contributed by atoms with E-state index in [1.165, 1.54) is 0 Å². The molecule has 1 aromatic carbocycles. The summed E-state index contributed by atoms with van der Waals surface area (Å²) in [5.74, 6) is 0.811. The molecule has 2 N–H and O–H groups in total. The smallest absolute Gasteiger partial charge is 0.257 e. The number of carbonyl (C=O) groups is 1. The summed E-state index contributed by atoms with van der Waals surface area (Å²) >= 11 is 0. The highest BCUT2D eigenvalue weighted by Crippen LogP contribution is 2.21. The van der Waals surface area contributed by atoms with E-state index in [1.807, 2.05) is 45.9 Å². The van der Waals surface area contributed by atoms with E-state index in [0.717, 1.165) is 16.9 Å². The molecule has 0 aliphatic carbocycles. The minimum atomic E-state index is -0.380. The third kappa shape index (κ3) is 5.21. The molecule has 0 aromatic heterocycles. The van der Waals surface area contributed by atoms with Crippen LogP contribution in [0.4, 0.5) is 0 Å². The Labute approximate surface area is 121 Å². The van der Waals surface area contributed by atoms with Crippen molar-refractivity contribution in [3.05, 3.63) is 29.3 Å². The van der Waals surface area contributed by atoms with Gasteiger partial charge in [0, 0.05) is 6.54 Å². The zero-order valence-electron chi connectivity index (χ0n) is 12.8. The molecule has 0 bridgehead atoms. The molecule has 0 fully saturated rings. The second-order valence-electron chi connectivity index (χ2n) is 5.46. The van der Waals surface area contributed by atoms with E-state index >= 15 is 0 Å². The average molecular weight is 279 g/mol. The van der Waals surface area contributed by atoms with Gasteiger partial charge in [-0.3, -0.25) is 4.79 Å². The van der Waals surface area contributed by atoms with Crippen molar-refractivity contribution in [3.63, 3.8) is 0 Å². The highest BCUT2D eigenvalue weighted by Gasteiger charge is 2.10. The molecule has 0 saturated carbocycles. The summed E-state index contributed by atoms with van der Waals surface area (Å²) in [4.78, 5) is 11.7. The van der Waals surface area contributed by atoms with Gasteiger partial charge >= 0.3 is 0 Å². The monoisotopic (exact) mass is 279 g/mol. The van der Waals surface area contributed by atoms with Gasteiger partial charge in [0.1, 0.15) is 5.75 Å². The lowest BCUT2D eigenvalue weighted by atomic mass is 10.0. The van der Waals surface area contributed by atoms with Crippen molar-refractivity contribution in [2.75, 3.05) is 13.2 Å². The molecule has 0 saturated heterocycles. The first-order chi connectivity index (χ1) is 9.41. The molecule has 20 heavy (non-hydrogen) atoms. The van der Waals surface area contributed by atoms with Crippen molar-refractivity contribution < 1.29 is 14.6 Å². The van der Waals surface area contributed by atoms with Crippen LogP contribution in [0.2, 0.25) is 0 Å². The molecular formula is C16H25NO3. The molecule has 0 aliphatic rings. The summed E-state index contributed by atoms with van der Waals surface area (Å²) in [6, 6.07) is 5.88. The summed E-state index contributed by atoms with van der Waals surface area (Å²) in [7, 11) is 0. The van der Waals surface area contributed by atoms with Crippen LogP contribution in [0.1, 0.15) is 31.4 Å².